The molecule has 6 heteroatoms. The second-order valence-corrected chi connectivity index (χ2v) is 3.52. The largest absolute Gasteiger partial charge is 0.481 e. The van der Waals surface area contributed by atoms with E-state index in [1.165, 1.54) is 13.2 Å². The van der Waals surface area contributed by atoms with Gasteiger partial charge in [0.05, 0.1) is 19.3 Å². The summed E-state index contributed by atoms with van der Waals surface area (Å²) < 4.78 is 30.1. The van der Waals surface area contributed by atoms with Gasteiger partial charge in [0.1, 0.15) is 3.70 Å². The number of alkyl halides is 2. The second kappa shape index (κ2) is 4.83. The van der Waals surface area contributed by atoms with Gasteiger partial charge in [0.2, 0.25) is 5.88 Å². The van der Waals surface area contributed by atoms with Gasteiger partial charge in [0.25, 0.3) is 6.43 Å². The van der Waals surface area contributed by atoms with Crippen LogP contribution in [-0.2, 0) is 6.61 Å². The van der Waals surface area contributed by atoms with E-state index in [0.717, 1.165) is 0 Å². The number of aliphatic hydroxyl groups is 1. The van der Waals surface area contributed by atoms with Gasteiger partial charge in [-0.1, -0.05) is 0 Å². The fraction of sp³-hybridized carbons (Fsp3) is 0.375. The predicted octanol–water partition coefficient (Wildman–Crippen LogP) is 2.12. The topological polar surface area (TPSA) is 42.4 Å². The lowest BCUT2D eigenvalue weighted by molar-refractivity contribution is 0.145. The molecule has 0 radical (unpaired) electrons. The highest BCUT2D eigenvalue weighted by Gasteiger charge is 2.17. The smallest absolute Gasteiger partial charge is 0.269 e. The minimum absolute atomic E-state index is 0.0957. The van der Waals surface area contributed by atoms with Crippen LogP contribution in [0.2, 0.25) is 0 Å². The zero-order valence-corrected chi connectivity index (χ0v) is 9.46. The molecule has 0 aromatic carbocycles. The lowest BCUT2D eigenvalue weighted by Crippen LogP contribution is -2.01. The average molecular weight is 315 g/mol. The number of hydrogen-bond acceptors (Lipinski definition) is 3. The van der Waals surface area contributed by atoms with Crippen molar-refractivity contribution < 1.29 is 18.6 Å². The SMILES string of the molecule is COc1nc(I)c(CO)cc1C(F)F. The van der Waals surface area contributed by atoms with Crippen LogP contribution in [0.5, 0.6) is 5.88 Å². The van der Waals surface area contributed by atoms with Crippen LogP contribution in [0.15, 0.2) is 6.07 Å². The van der Waals surface area contributed by atoms with Crippen molar-refractivity contribution in [1.82, 2.24) is 4.98 Å². The van der Waals surface area contributed by atoms with Crippen molar-refractivity contribution in [3.63, 3.8) is 0 Å². The van der Waals surface area contributed by atoms with Gasteiger partial charge in [-0.05, 0) is 28.7 Å². The highest BCUT2D eigenvalue weighted by atomic mass is 127. The number of nitrogens with zero attached hydrogens (tertiary/aromatic N) is 1. The summed E-state index contributed by atoms with van der Waals surface area (Å²) in [6.45, 7) is -0.311. The summed E-state index contributed by atoms with van der Waals surface area (Å²) in [6, 6.07) is 1.21. The molecule has 0 unspecified atom stereocenters. The molecule has 1 aromatic heterocycles. The third-order valence-corrected chi connectivity index (χ3v) is 2.57. The van der Waals surface area contributed by atoms with Crippen LogP contribution in [0.3, 0.4) is 0 Å². The van der Waals surface area contributed by atoms with E-state index in [2.05, 4.69) is 4.98 Å². The molecule has 0 spiro atoms. The lowest BCUT2D eigenvalue weighted by Gasteiger charge is -2.09. The Hall–Kier alpha value is -0.500. The van der Waals surface area contributed by atoms with E-state index in [4.69, 9.17) is 9.84 Å². The first-order chi connectivity index (χ1) is 6.60. The van der Waals surface area contributed by atoms with Crippen LogP contribution < -0.4 is 4.74 Å². The quantitative estimate of drug-likeness (QED) is 0.686. The normalized spacial score (nSPS) is 10.7. The zero-order chi connectivity index (χ0) is 10.7. The molecule has 14 heavy (non-hydrogen) atoms. The summed E-state index contributed by atoms with van der Waals surface area (Å²) in [5.74, 6) is -0.0957. The van der Waals surface area contributed by atoms with Crippen molar-refractivity contribution in [3.8, 4) is 5.88 Å². The van der Waals surface area contributed by atoms with Crippen molar-refractivity contribution in [1.29, 1.82) is 0 Å². The summed E-state index contributed by atoms with van der Waals surface area (Å²) in [5, 5.41) is 8.86. The molecule has 0 fully saturated rings. The Balaban J connectivity index is 3.25. The Morgan fingerprint density at radius 1 is 1.64 bits per heavy atom. The number of hydrogen-bond donors (Lipinski definition) is 1. The number of aromatic nitrogens is 1. The molecule has 0 bridgehead atoms. The van der Waals surface area contributed by atoms with Crippen LogP contribution >= 0.6 is 22.6 Å². The van der Waals surface area contributed by atoms with E-state index in [1.807, 2.05) is 22.6 Å². The standard InChI is InChI=1S/C8H8F2INO2/c1-14-8-5(6(9)10)2-4(3-13)7(11)12-8/h2,6,13H,3H2,1H3. The molecule has 3 nitrogen and oxygen atoms in total. The fourth-order valence-corrected chi connectivity index (χ4v) is 1.51. The number of pyridine rings is 1. The first kappa shape index (κ1) is 11.6. The molecule has 0 atom stereocenters. The van der Waals surface area contributed by atoms with Crippen LogP contribution in [0.25, 0.3) is 0 Å². The maximum Gasteiger partial charge on any atom is 0.269 e. The van der Waals surface area contributed by atoms with E-state index in [-0.39, 0.29) is 18.1 Å². The molecule has 0 aliphatic heterocycles. The molecular formula is C8H8F2INO2. The molecule has 0 saturated heterocycles. The number of aliphatic hydroxyl groups excluding tert-OH is 1. The molecule has 0 aliphatic rings. The lowest BCUT2D eigenvalue weighted by atomic mass is 10.2. The third-order valence-electron chi connectivity index (χ3n) is 1.64. The summed E-state index contributed by atoms with van der Waals surface area (Å²) in [6.07, 6.45) is -2.65. The van der Waals surface area contributed by atoms with Gasteiger partial charge in [-0.25, -0.2) is 13.8 Å². The van der Waals surface area contributed by atoms with Gasteiger partial charge in [-0.3, -0.25) is 0 Å². The Morgan fingerprint density at radius 2 is 2.29 bits per heavy atom. The molecule has 0 aliphatic carbocycles. The maximum atomic E-state index is 12.5. The summed E-state index contributed by atoms with van der Waals surface area (Å²) in [5.41, 5.74) is 0.0821. The molecule has 1 rings (SSSR count). The van der Waals surface area contributed by atoms with Crippen molar-refractivity contribution in [2.45, 2.75) is 13.0 Å². The van der Waals surface area contributed by atoms with Crippen LogP contribution in [0.1, 0.15) is 17.6 Å². The molecule has 0 saturated carbocycles. The predicted molar refractivity (Wildman–Crippen MR) is 54.4 cm³/mol. The molecular weight excluding hydrogens is 307 g/mol. The summed E-state index contributed by atoms with van der Waals surface area (Å²) >= 11 is 1.85. The van der Waals surface area contributed by atoms with Crippen molar-refractivity contribution in [3.05, 3.63) is 20.9 Å². The minimum Gasteiger partial charge on any atom is -0.481 e. The summed E-state index contributed by atoms with van der Waals surface area (Å²) in [4.78, 5) is 3.81. The van der Waals surface area contributed by atoms with Crippen molar-refractivity contribution >= 4 is 22.6 Å². The minimum atomic E-state index is -2.65. The van der Waals surface area contributed by atoms with Crippen molar-refractivity contribution in [2.75, 3.05) is 7.11 Å². The number of rotatable bonds is 3. The monoisotopic (exact) mass is 315 g/mol. The zero-order valence-electron chi connectivity index (χ0n) is 7.30. The van der Waals surface area contributed by atoms with Crippen LogP contribution in [-0.4, -0.2) is 17.2 Å². The first-order valence-electron chi connectivity index (χ1n) is 3.72. The average Bonchev–Trinajstić information content (AvgIpc) is 2.16. The number of ether oxygens (including phenoxy) is 1. The highest BCUT2D eigenvalue weighted by Crippen LogP contribution is 2.29. The van der Waals surface area contributed by atoms with Gasteiger partial charge in [0.15, 0.2) is 0 Å². The van der Waals surface area contributed by atoms with Gasteiger partial charge < -0.3 is 9.84 Å². The molecule has 0 amide bonds. The van der Waals surface area contributed by atoms with E-state index >= 15 is 0 Å². The second-order valence-electron chi connectivity index (χ2n) is 2.50. The number of halogens is 3. The molecule has 78 valence electrons. The first-order valence-corrected chi connectivity index (χ1v) is 4.80. The van der Waals surface area contributed by atoms with Gasteiger partial charge in [0, 0.05) is 5.56 Å². The molecule has 1 N–H and O–H groups in total. The maximum absolute atomic E-state index is 12.5. The molecule has 1 aromatic rings. The van der Waals surface area contributed by atoms with Gasteiger partial charge in [-0.15, -0.1) is 0 Å². The van der Waals surface area contributed by atoms with Crippen LogP contribution in [0.4, 0.5) is 8.78 Å². The summed E-state index contributed by atoms with van der Waals surface area (Å²) in [7, 11) is 1.28. The van der Waals surface area contributed by atoms with E-state index in [9.17, 15) is 8.78 Å². The van der Waals surface area contributed by atoms with Crippen LogP contribution in [0, 0.1) is 3.70 Å². The molecule has 1 heterocycles. The number of methoxy groups -OCH3 is 1. The van der Waals surface area contributed by atoms with E-state index < -0.39 is 6.43 Å². The van der Waals surface area contributed by atoms with Gasteiger partial charge >= 0.3 is 0 Å². The van der Waals surface area contributed by atoms with E-state index in [1.54, 1.807) is 0 Å². The Labute approximate surface area is 93.2 Å². The Bertz CT molecular complexity index is 333. The van der Waals surface area contributed by atoms with Crippen molar-refractivity contribution in [2.24, 2.45) is 0 Å². The Kier molecular flexibility index (Phi) is 3.99. The van der Waals surface area contributed by atoms with Gasteiger partial charge in [-0.2, -0.15) is 0 Å². The fourth-order valence-electron chi connectivity index (χ4n) is 0.965. The third kappa shape index (κ3) is 2.30. The highest BCUT2D eigenvalue weighted by molar-refractivity contribution is 14.1. The van der Waals surface area contributed by atoms with E-state index in [0.29, 0.717) is 9.26 Å². The Morgan fingerprint density at radius 3 is 2.71 bits per heavy atom.